The fraction of sp³-hybridized carbons (Fsp3) is 0.385. The monoisotopic (exact) mass is 479 g/mol. The lowest BCUT2D eigenvalue weighted by molar-refractivity contribution is -0.161. The molecule has 1 aromatic rings. The van der Waals surface area contributed by atoms with Gasteiger partial charge in [0.1, 0.15) is 11.7 Å². The Morgan fingerprint density at radius 2 is 2.00 bits per heavy atom. The number of carboxylic acids is 1. The summed E-state index contributed by atoms with van der Waals surface area (Å²) in [6.45, 7) is 2.29. The first kappa shape index (κ1) is 23.9. The van der Waals surface area contributed by atoms with Crippen LogP contribution in [0.5, 0.6) is 0 Å². The van der Waals surface area contributed by atoms with Crippen LogP contribution in [0, 0.1) is 0 Å². The lowest BCUT2D eigenvalue weighted by atomic mass is 9.97. The average Bonchev–Trinajstić information content (AvgIpc) is 3.07. The van der Waals surface area contributed by atoms with E-state index in [1.807, 2.05) is 0 Å². The van der Waals surface area contributed by atoms with Gasteiger partial charge in [0.25, 0.3) is 17.7 Å². The number of amides is 3. The molecule has 2 atom stereocenters. The molecule has 1 aromatic heterocycles. The first-order valence-corrected chi connectivity index (χ1v) is 10.3. The zero-order valence-corrected chi connectivity index (χ0v) is 17.4. The number of nitrogen functional groups attached to an aromatic ring is 1. The van der Waals surface area contributed by atoms with Crippen LogP contribution in [0.25, 0.3) is 0 Å². The number of hydrogen-bond acceptors (Lipinski definition) is 12. The number of nitrogens with two attached hydrogens (primary N) is 2. The molecule has 0 spiro atoms. The molecule has 1 fully saturated rings. The predicted molar refractivity (Wildman–Crippen MR) is 102 cm³/mol. The molecule has 2 rings (SSSR count). The van der Waals surface area contributed by atoms with Gasteiger partial charge in [-0.05, 0) is 13.8 Å². The highest BCUT2D eigenvalue weighted by atomic mass is 32.2. The summed E-state index contributed by atoms with van der Waals surface area (Å²) in [4.78, 5) is 56.6. The number of hydrogen-bond donors (Lipinski definition) is 6. The minimum Gasteiger partial charge on any atom is -0.478 e. The highest BCUT2D eigenvalue weighted by Gasteiger charge is 2.58. The second kappa shape index (κ2) is 8.41. The molecular formula is C13H17N7O9S2. The topological polar surface area (TPSA) is 257 Å². The number of carbonyl (C=O) groups is 4. The Hall–Kier alpha value is -3.35. The van der Waals surface area contributed by atoms with Crippen molar-refractivity contribution in [1.82, 2.24) is 20.0 Å². The minimum atomic E-state index is -5.13. The van der Waals surface area contributed by atoms with Gasteiger partial charge in [-0.1, -0.05) is 5.16 Å². The van der Waals surface area contributed by atoms with E-state index in [2.05, 4.69) is 15.5 Å². The van der Waals surface area contributed by atoms with Crippen molar-refractivity contribution in [2.45, 2.75) is 31.5 Å². The van der Waals surface area contributed by atoms with E-state index in [9.17, 15) is 27.6 Å². The number of thiazole rings is 1. The third-order valence-corrected chi connectivity index (χ3v) is 5.44. The summed E-state index contributed by atoms with van der Waals surface area (Å²) in [7, 11) is -5.13. The van der Waals surface area contributed by atoms with Gasteiger partial charge in [-0.3, -0.25) is 24.4 Å². The van der Waals surface area contributed by atoms with Crippen molar-refractivity contribution >= 4 is 56.2 Å². The molecule has 0 bridgehead atoms. The number of nitrogens with zero attached hydrogens (tertiary/aromatic N) is 3. The second-order valence-electron chi connectivity index (χ2n) is 6.43. The molecular weight excluding hydrogens is 462 g/mol. The first-order chi connectivity index (χ1) is 14.2. The fourth-order valence-electron chi connectivity index (χ4n) is 2.21. The lowest BCUT2D eigenvalue weighted by Gasteiger charge is -2.42. The van der Waals surface area contributed by atoms with E-state index in [0.29, 0.717) is 0 Å². The van der Waals surface area contributed by atoms with E-state index in [0.717, 1.165) is 25.2 Å². The van der Waals surface area contributed by atoms with Crippen molar-refractivity contribution in [1.29, 1.82) is 0 Å². The van der Waals surface area contributed by atoms with Crippen molar-refractivity contribution in [3.63, 3.8) is 0 Å². The third-order valence-electron chi connectivity index (χ3n) is 3.86. The molecule has 170 valence electrons. The highest BCUT2D eigenvalue weighted by Crippen LogP contribution is 2.24. The van der Waals surface area contributed by atoms with Gasteiger partial charge >= 0.3 is 16.3 Å². The van der Waals surface area contributed by atoms with E-state index in [1.165, 1.54) is 5.38 Å². The van der Waals surface area contributed by atoms with Crippen LogP contribution >= 0.6 is 11.3 Å². The minimum absolute atomic E-state index is 0.0191. The first-order valence-electron chi connectivity index (χ1n) is 8.03. The van der Waals surface area contributed by atoms with Crippen molar-refractivity contribution < 1.29 is 42.1 Å². The van der Waals surface area contributed by atoms with Crippen molar-refractivity contribution in [2.75, 3.05) is 5.73 Å². The average molecular weight is 479 g/mol. The summed E-state index contributed by atoms with van der Waals surface area (Å²) >= 11 is 0.908. The largest absolute Gasteiger partial charge is 0.478 e. The summed E-state index contributed by atoms with van der Waals surface area (Å²) in [6.07, 6.45) is 0. The second-order valence-corrected chi connectivity index (χ2v) is 8.61. The van der Waals surface area contributed by atoms with Gasteiger partial charge < -0.3 is 21.0 Å². The van der Waals surface area contributed by atoms with Crippen LogP contribution < -0.4 is 22.3 Å². The van der Waals surface area contributed by atoms with Gasteiger partial charge in [-0.2, -0.15) is 12.7 Å². The molecule has 0 radical (unpaired) electrons. The summed E-state index contributed by atoms with van der Waals surface area (Å²) in [5.41, 5.74) is 4.49. The highest BCUT2D eigenvalue weighted by molar-refractivity contribution is 7.84. The normalized spacial score (nSPS) is 19.4. The number of nitrogens with one attached hydrogen (secondary N) is 2. The molecule has 3 amide bonds. The van der Waals surface area contributed by atoms with Gasteiger partial charge in [-0.15, -0.1) is 11.3 Å². The Morgan fingerprint density at radius 1 is 1.39 bits per heavy atom. The molecule has 18 heteroatoms. The molecule has 2 heterocycles. The molecule has 0 aromatic carbocycles. The van der Waals surface area contributed by atoms with Crippen molar-refractivity contribution in [3.8, 4) is 0 Å². The summed E-state index contributed by atoms with van der Waals surface area (Å²) < 4.78 is 31.6. The van der Waals surface area contributed by atoms with Gasteiger partial charge in [0.05, 0.1) is 0 Å². The van der Waals surface area contributed by atoms with Crippen LogP contribution in [0.15, 0.2) is 10.5 Å². The fourth-order valence-corrected chi connectivity index (χ4v) is 3.61. The van der Waals surface area contributed by atoms with E-state index in [-0.39, 0.29) is 15.1 Å². The Balaban J connectivity index is 2.36. The SMILES string of the molecule is CC(C)(O/N=C(\C(=O)NC1C(=O)N(S(=O)(=O)O)C1C(=O)NN)c1csc(N)n1)C(=O)O. The maximum absolute atomic E-state index is 12.7. The van der Waals surface area contributed by atoms with Crippen LogP contribution in [-0.4, -0.2) is 74.5 Å². The third kappa shape index (κ3) is 4.87. The zero-order valence-electron chi connectivity index (χ0n) is 15.8. The lowest BCUT2D eigenvalue weighted by Crippen LogP contribution is -2.76. The summed E-state index contributed by atoms with van der Waals surface area (Å²) in [6, 6.07) is -3.65. The number of aliphatic carboxylic acids is 1. The number of rotatable bonds is 8. The number of carboxylic acid groups (broad SMARTS) is 1. The molecule has 0 aliphatic carbocycles. The number of oxime groups is 1. The van der Waals surface area contributed by atoms with Gasteiger partial charge in [0.2, 0.25) is 5.60 Å². The smallest absolute Gasteiger partial charge is 0.363 e. The van der Waals surface area contributed by atoms with Gasteiger partial charge in [0, 0.05) is 5.38 Å². The molecule has 0 saturated carbocycles. The maximum atomic E-state index is 12.7. The number of carbonyl (C=O) groups excluding carboxylic acids is 3. The van der Waals surface area contributed by atoms with Crippen LogP contribution in [0.1, 0.15) is 19.5 Å². The van der Waals surface area contributed by atoms with E-state index < -0.39 is 57.4 Å². The molecule has 2 unspecified atom stereocenters. The van der Waals surface area contributed by atoms with Crippen molar-refractivity contribution in [3.05, 3.63) is 11.1 Å². The van der Waals surface area contributed by atoms with E-state index in [1.54, 1.807) is 5.43 Å². The summed E-state index contributed by atoms with van der Waals surface area (Å²) in [5, 5.41) is 15.9. The molecule has 1 aliphatic rings. The molecule has 16 nitrogen and oxygen atoms in total. The Morgan fingerprint density at radius 3 is 2.45 bits per heavy atom. The zero-order chi connectivity index (χ0) is 23.7. The van der Waals surface area contributed by atoms with E-state index in [4.69, 9.17) is 26.1 Å². The Labute approximate surface area is 178 Å². The number of anilines is 1. The van der Waals surface area contributed by atoms with E-state index >= 15 is 0 Å². The number of aromatic nitrogens is 1. The Kier molecular flexibility index (Phi) is 6.49. The van der Waals surface area contributed by atoms with Crippen molar-refractivity contribution in [2.24, 2.45) is 11.0 Å². The van der Waals surface area contributed by atoms with Gasteiger partial charge in [-0.25, -0.2) is 15.6 Å². The molecule has 31 heavy (non-hydrogen) atoms. The van der Waals surface area contributed by atoms with Crippen LogP contribution in [-0.2, 0) is 34.3 Å². The standard InChI is InChI=1S/C13H17N7O9S2/c1-13(2,11(24)25)29-19-5(4-3-30-12(14)16-4)8(21)17-6-7(9(22)18-15)20(10(6)23)31(26,27)28/h3,6-7H,15H2,1-2H3,(H2,14,16)(H,17,21)(H,18,22)(H,24,25)(H,26,27,28)/b19-5-. The number of hydrazine groups is 1. The van der Waals surface area contributed by atoms with Crippen LogP contribution in [0.3, 0.4) is 0 Å². The molecule has 1 aliphatic heterocycles. The molecule has 8 N–H and O–H groups in total. The summed E-state index contributed by atoms with van der Waals surface area (Å²) in [5.74, 6) is -0.187. The number of β-lactam (4-membered cyclic amide) rings is 1. The quantitative estimate of drug-likeness (QED) is 0.0538. The molecule has 1 saturated heterocycles. The van der Waals surface area contributed by atoms with Crippen LogP contribution in [0.2, 0.25) is 0 Å². The predicted octanol–water partition coefficient (Wildman–Crippen LogP) is -3.20. The van der Waals surface area contributed by atoms with Gasteiger partial charge in [0.15, 0.2) is 16.9 Å². The van der Waals surface area contributed by atoms with Crippen LogP contribution in [0.4, 0.5) is 5.13 Å². The Bertz CT molecular complexity index is 1070. The maximum Gasteiger partial charge on any atom is 0.363 e.